The molecule has 0 unspecified atom stereocenters. The lowest BCUT2D eigenvalue weighted by atomic mass is 10.1. The molecule has 0 aliphatic carbocycles. The third-order valence-corrected chi connectivity index (χ3v) is 5.01. The number of carbonyl (C=O) groups excluding carboxylic acids is 1. The molecule has 0 heterocycles. The number of sulfonamides is 1. The van der Waals surface area contributed by atoms with Gasteiger partial charge in [-0.3, -0.25) is 4.79 Å². The second-order valence-corrected chi connectivity index (χ2v) is 8.05. The number of hydrogen-bond acceptors (Lipinski definition) is 4. The second-order valence-electron chi connectivity index (χ2n) is 6.37. The predicted molar refractivity (Wildman–Crippen MR) is 98.5 cm³/mol. The van der Waals surface area contributed by atoms with E-state index in [9.17, 15) is 13.2 Å². The average Bonchev–Trinajstić information content (AvgIpc) is 2.50. The second kappa shape index (κ2) is 10.3. The SMILES string of the molecule is CCCCCCCCC(=O)NS(=O)(=O)c1ccc(NC(C)C)cc1. The molecule has 0 aliphatic heterocycles. The molecule has 1 aromatic carbocycles. The maximum Gasteiger partial charge on any atom is 0.264 e. The number of rotatable bonds is 11. The van der Waals surface area contributed by atoms with Gasteiger partial charge in [-0.1, -0.05) is 39.0 Å². The number of nitrogens with one attached hydrogen (secondary N) is 2. The first-order valence-corrected chi connectivity index (χ1v) is 10.3. The minimum absolute atomic E-state index is 0.105. The summed E-state index contributed by atoms with van der Waals surface area (Å²) in [7, 11) is -3.78. The third kappa shape index (κ3) is 7.81. The maximum absolute atomic E-state index is 12.2. The van der Waals surface area contributed by atoms with Crippen LogP contribution in [0.2, 0.25) is 0 Å². The van der Waals surface area contributed by atoms with Crippen molar-refractivity contribution in [1.82, 2.24) is 4.72 Å². The summed E-state index contributed by atoms with van der Waals surface area (Å²) in [5.41, 5.74) is 0.849. The van der Waals surface area contributed by atoms with Gasteiger partial charge in [0.1, 0.15) is 0 Å². The van der Waals surface area contributed by atoms with Gasteiger partial charge in [-0.25, -0.2) is 13.1 Å². The highest BCUT2D eigenvalue weighted by atomic mass is 32.2. The quantitative estimate of drug-likeness (QED) is 0.588. The molecule has 1 aromatic rings. The van der Waals surface area contributed by atoms with E-state index >= 15 is 0 Å². The van der Waals surface area contributed by atoms with Crippen LogP contribution in [-0.4, -0.2) is 20.4 Å². The summed E-state index contributed by atoms with van der Waals surface area (Å²) < 4.78 is 26.5. The summed E-state index contributed by atoms with van der Waals surface area (Å²) in [4.78, 5) is 11.9. The van der Waals surface area contributed by atoms with Crippen molar-refractivity contribution in [2.45, 2.75) is 76.7 Å². The zero-order chi connectivity index (χ0) is 18.0. The summed E-state index contributed by atoms with van der Waals surface area (Å²) in [6.45, 7) is 6.17. The van der Waals surface area contributed by atoms with Crippen molar-refractivity contribution in [2.24, 2.45) is 0 Å². The number of amides is 1. The lowest BCUT2D eigenvalue weighted by molar-refractivity contribution is -0.119. The van der Waals surface area contributed by atoms with Gasteiger partial charge in [-0.05, 0) is 44.5 Å². The number of hydrogen-bond donors (Lipinski definition) is 2. The zero-order valence-electron chi connectivity index (χ0n) is 15.0. The molecule has 1 rings (SSSR count). The number of benzene rings is 1. The van der Waals surface area contributed by atoms with Crippen molar-refractivity contribution in [3.63, 3.8) is 0 Å². The van der Waals surface area contributed by atoms with E-state index in [2.05, 4.69) is 17.0 Å². The van der Waals surface area contributed by atoms with Crippen LogP contribution in [0.4, 0.5) is 5.69 Å². The van der Waals surface area contributed by atoms with Crippen LogP contribution in [0.15, 0.2) is 29.2 Å². The van der Waals surface area contributed by atoms with Crippen LogP contribution in [-0.2, 0) is 14.8 Å². The van der Waals surface area contributed by atoms with Crippen LogP contribution in [0, 0.1) is 0 Å². The fourth-order valence-electron chi connectivity index (χ4n) is 2.39. The van der Waals surface area contributed by atoms with E-state index in [-0.39, 0.29) is 17.4 Å². The summed E-state index contributed by atoms with van der Waals surface area (Å²) >= 11 is 0. The van der Waals surface area contributed by atoms with Crippen molar-refractivity contribution in [2.75, 3.05) is 5.32 Å². The molecule has 0 bridgehead atoms. The molecule has 0 aliphatic rings. The zero-order valence-corrected chi connectivity index (χ0v) is 15.8. The van der Waals surface area contributed by atoms with Crippen LogP contribution in [0.3, 0.4) is 0 Å². The highest BCUT2D eigenvalue weighted by Gasteiger charge is 2.17. The minimum Gasteiger partial charge on any atom is -0.383 e. The lowest BCUT2D eigenvalue weighted by Crippen LogP contribution is -2.30. The lowest BCUT2D eigenvalue weighted by Gasteiger charge is -2.11. The molecule has 0 saturated heterocycles. The summed E-state index contributed by atoms with van der Waals surface area (Å²) in [5, 5.41) is 3.19. The Bertz CT molecular complexity index is 595. The van der Waals surface area contributed by atoms with Gasteiger partial charge < -0.3 is 5.32 Å². The van der Waals surface area contributed by atoms with E-state index in [0.29, 0.717) is 0 Å². The molecule has 0 saturated carbocycles. The first kappa shape index (κ1) is 20.5. The largest absolute Gasteiger partial charge is 0.383 e. The Hall–Kier alpha value is -1.56. The van der Waals surface area contributed by atoms with E-state index < -0.39 is 15.9 Å². The summed E-state index contributed by atoms with van der Waals surface area (Å²) in [5.74, 6) is -0.435. The molecule has 6 heteroatoms. The molecule has 24 heavy (non-hydrogen) atoms. The fraction of sp³-hybridized carbons (Fsp3) is 0.611. The van der Waals surface area contributed by atoms with Crippen LogP contribution in [0.1, 0.15) is 65.7 Å². The van der Waals surface area contributed by atoms with Gasteiger partial charge in [-0.15, -0.1) is 0 Å². The molecule has 0 radical (unpaired) electrons. The smallest absolute Gasteiger partial charge is 0.264 e. The average molecular weight is 355 g/mol. The Morgan fingerprint density at radius 1 is 1.00 bits per heavy atom. The monoisotopic (exact) mass is 354 g/mol. The van der Waals surface area contributed by atoms with E-state index in [1.54, 1.807) is 12.1 Å². The highest BCUT2D eigenvalue weighted by Crippen LogP contribution is 2.15. The topological polar surface area (TPSA) is 75.3 Å². The molecule has 1 amide bonds. The van der Waals surface area contributed by atoms with Crippen molar-refractivity contribution in [3.8, 4) is 0 Å². The Labute approximate surface area is 146 Å². The molecule has 0 aromatic heterocycles. The molecule has 136 valence electrons. The Morgan fingerprint density at radius 3 is 2.17 bits per heavy atom. The molecule has 0 spiro atoms. The van der Waals surface area contributed by atoms with E-state index in [1.807, 2.05) is 13.8 Å². The van der Waals surface area contributed by atoms with Gasteiger partial charge in [0.2, 0.25) is 5.91 Å². The van der Waals surface area contributed by atoms with Gasteiger partial charge in [0.05, 0.1) is 4.90 Å². The third-order valence-electron chi connectivity index (χ3n) is 3.63. The summed E-state index contributed by atoms with van der Waals surface area (Å²) in [6.07, 6.45) is 6.60. The Kier molecular flexibility index (Phi) is 8.82. The maximum atomic E-state index is 12.2. The van der Waals surface area contributed by atoms with Crippen molar-refractivity contribution < 1.29 is 13.2 Å². The Morgan fingerprint density at radius 2 is 1.58 bits per heavy atom. The molecular weight excluding hydrogens is 324 g/mol. The summed E-state index contributed by atoms with van der Waals surface area (Å²) in [6, 6.07) is 6.68. The molecule has 0 atom stereocenters. The number of carbonyl (C=O) groups is 1. The normalized spacial score (nSPS) is 11.5. The predicted octanol–water partition coefficient (Wildman–Crippen LogP) is 4.06. The van der Waals surface area contributed by atoms with E-state index in [0.717, 1.165) is 24.9 Å². The van der Waals surface area contributed by atoms with E-state index in [4.69, 9.17) is 0 Å². The highest BCUT2D eigenvalue weighted by molar-refractivity contribution is 7.90. The van der Waals surface area contributed by atoms with Gasteiger partial charge >= 0.3 is 0 Å². The van der Waals surface area contributed by atoms with E-state index in [1.165, 1.54) is 31.4 Å². The van der Waals surface area contributed by atoms with Gasteiger partial charge in [-0.2, -0.15) is 0 Å². The number of unbranched alkanes of at least 4 members (excludes halogenated alkanes) is 5. The van der Waals surface area contributed by atoms with Crippen LogP contribution in [0.5, 0.6) is 0 Å². The van der Waals surface area contributed by atoms with Crippen molar-refractivity contribution in [3.05, 3.63) is 24.3 Å². The Balaban J connectivity index is 2.46. The molecular formula is C18H30N2O3S. The number of anilines is 1. The molecule has 5 nitrogen and oxygen atoms in total. The molecule has 2 N–H and O–H groups in total. The first-order chi connectivity index (χ1) is 11.3. The van der Waals surface area contributed by atoms with Crippen molar-refractivity contribution >= 4 is 21.6 Å². The van der Waals surface area contributed by atoms with Gasteiger partial charge in [0.15, 0.2) is 0 Å². The van der Waals surface area contributed by atoms with Crippen LogP contribution < -0.4 is 10.0 Å². The standard InChI is InChI=1S/C18H30N2O3S/c1-4-5-6-7-8-9-10-18(21)20-24(22,23)17-13-11-16(12-14-17)19-15(2)3/h11-15,19H,4-10H2,1-3H3,(H,20,21). The fourth-order valence-corrected chi connectivity index (χ4v) is 3.40. The minimum atomic E-state index is -3.78. The van der Waals surface area contributed by atoms with Gasteiger partial charge in [0, 0.05) is 18.2 Å². The first-order valence-electron chi connectivity index (χ1n) is 8.77. The van der Waals surface area contributed by atoms with Crippen LogP contribution >= 0.6 is 0 Å². The van der Waals surface area contributed by atoms with Crippen molar-refractivity contribution in [1.29, 1.82) is 0 Å². The molecule has 0 fully saturated rings. The van der Waals surface area contributed by atoms with Crippen LogP contribution in [0.25, 0.3) is 0 Å². The van der Waals surface area contributed by atoms with Gasteiger partial charge in [0.25, 0.3) is 10.0 Å².